The number of rotatable bonds is 4. The van der Waals surface area contributed by atoms with Gasteiger partial charge in [0, 0.05) is 16.1 Å². The Morgan fingerprint density at radius 1 is 1.19 bits per heavy atom. The molecule has 1 aliphatic rings. The van der Waals surface area contributed by atoms with E-state index in [1.807, 2.05) is 54.6 Å². The summed E-state index contributed by atoms with van der Waals surface area (Å²) < 4.78 is 8.47. The van der Waals surface area contributed by atoms with Gasteiger partial charge in [-0.15, -0.1) is 0 Å². The fourth-order valence-corrected chi connectivity index (χ4v) is 3.59. The number of hydrogen-bond donors (Lipinski definition) is 1. The maximum Gasteiger partial charge on any atom is 0.233 e. The summed E-state index contributed by atoms with van der Waals surface area (Å²) in [6, 6.07) is 17.5. The molecule has 26 heavy (non-hydrogen) atoms. The van der Waals surface area contributed by atoms with E-state index in [2.05, 4.69) is 26.3 Å². The third-order valence-corrected chi connectivity index (χ3v) is 5.29. The summed E-state index contributed by atoms with van der Waals surface area (Å²) in [6.45, 7) is 1.12. The summed E-state index contributed by atoms with van der Waals surface area (Å²) in [4.78, 5) is 12.9. The van der Waals surface area contributed by atoms with Crippen molar-refractivity contribution in [1.82, 2.24) is 9.78 Å². The van der Waals surface area contributed by atoms with Crippen LogP contribution in [-0.4, -0.2) is 22.3 Å². The first-order valence-electron chi connectivity index (χ1n) is 8.50. The Morgan fingerprint density at radius 2 is 2.00 bits per heavy atom. The van der Waals surface area contributed by atoms with E-state index in [4.69, 9.17) is 4.74 Å². The van der Waals surface area contributed by atoms with Crippen LogP contribution in [0, 0.1) is 0 Å². The minimum Gasteiger partial charge on any atom is -0.493 e. The fourth-order valence-electron chi connectivity index (χ4n) is 3.18. The zero-order valence-corrected chi connectivity index (χ0v) is 15.6. The van der Waals surface area contributed by atoms with Crippen molar-refractivity contribution in [2.75, 3.05) is 11.9 Å². The molecule has 2 aromatic carbocycles. The Bertz CT molecular complexity index is 938. The molecule has 0 aliphatic carbocycles. The lowest BCUT2D eigenvalue weighted by Gasteiger charge is -2.25. The molecule has 0 saturated carbocycles. The largest absolute Gasteiger partial charge is 0.493 e. The van der Waals surface area contributed by atoms with Crippen molar-refractivity contribution in [3.63, 3.8) is 0 Å². The average Bonchev–Trinajstić information content (AvgIpc) is 3.10. The highest BCUT2D eigenvalue weighted by molar-refractivity contribution is 9.10. The molecule has 0 bridgehead atoms. The molecule has 1 unspecified atom stereocenters. The molecule has 1 amide bonds. The van der Waals surface area contributed by atoms with Crippen LogP contribution in [-0.2, 0) is 11.3 Å². The van der Waals surface area contributed by atoms with Gasteiger partial charge in [-0.25, -0.2) is 4.68 Å². The first-order chi connectivity index (χ1) is 12.7. The van der Waals surface area contributed by atoms with Gasteiger partial charge in [-0.2, -0.15) is 5.10 Å². The molecule has 0 spiro atoms. The highest BCUT2D eigenvalue weighted by Crippen LogP contribution is 2.34. The first-order valence-corrected chi connectivity index (χ1v) is 9.29. The maximum absolute atomic E-state index is 12.9. The second-order valence-electron chi connectivity index (χ2n) is 6.18. The fraction of sp³-hybridized carbons (Fsp3) is 0.200. The van der Waals surface area contributed by atoms with E-state index >= 15 is 0 Å². The number of carbonyl (C=O) groups is 1. The predicted molar refractivity (Wildman–Crippen MR) is 103 cm³/mol. The lowest BCUT2D eigenvalue weighted by molar-refractivity contribution is -0.118. The molecule has 3 aromatic rings. The van der Waals surface area contributed by atoms with E-state index in [0.717, 1.165) is 21.3 Å². The highest BCUT2D eigenvalue weighted by atomic mass is 79.9. The van der Waals surface area contributed by atoms with E-state index in [-0.39, 0.29) is 11.8 Å². The number of carbonyl (C=O) groups excluding carboxylic acids is 1. The number of para-hydroxylation sites is 1. The summed E-state index contributed by atoms with van der Waals surface area (Å²) in [5.41, 5.74) is 2.04. The van der Waals surface area contributed by atoms with Crippen LogP contribution in [0.15, 0.2) is 65.3 Å². The van der Waals surface area contributed by atoms with Crippen molar-refractivity contribution in [3.8, 4) is 5.75 Å². The second kappa shape index (κ2) is 7.33. The van der Waals surface area contributed by atoms with Gasteiger partial charge in [-0.05, 0) is 24.1 Å². The quantitative estimate of drug-likeness (QED) is 0.699. The average molecular weight is 412 g/mol. The van der Waals surface area contributed by atoms with Gasteiger partial charge in [0.1, 0.15) is 11.6 Å². The van der Waals surface area contributed by atoms with Crippen molar-refractivity contribution in [3.05, 3.63) is 76.4 Å². The van der Waals surface area contributed by atoms with Crippen LogP contribution in [0.1, 0.15) is 23.5 Å². The molecule has 5 nitrogen and oxygen atoms in total. The molecule has 2 heterocycles. The number of nitrogens with one attached hydrogen (secondary N) is 1. The number of amides is 1. The summed E-state index contributed by atoms with van der Waals surface area (Å²) in [5, 5.41) is 7.38. The molecule has 0 saturated heterocycles. The minimum atomic E-state index is -0.216. The summed E-state index contributed by atoms with van der Waals surface area (Å²) in [7, 11) is 0. The molecule has 1 aromatic heterocycles. The Hall–Kier alpha value is -2.60. The molecule has 1 atom stereocenters. The van der Waals surface area contributed by atoms with Crippen molar-refractivity contribution >= 4 is 27.7 Å². The monoisotopic (exact) mass is 411 g/mol. The summed E-state index contributed by atoms with van der Waals surface area (Å²) in [5.74, 6) is 1.23. The SMILES string of the molecule is O=C(Nc1ccnn1Cc1ccccc1Br)C1CCOc2ccccc21. The van der Waals surface area contributed by atoms with Gasteiger partial charge in [-0.1, -0.05) is 52.3 Å². The summed E-state index contributed by atoms with van der Waals surface area (Å²) in [6.07, 6.45) is 2.37. The smallest absolute Gasteiger partial charge is 0.233 e. The van der Waals surface area contributed by atoms with Gasteiger partial charge in [0.05, 0.1) is 25.3 Å². The van der Waals surface area contributed by atoms with E-state index in [1.54, 1.807) is 10.9 Å². The van der Waals surface area contributed by atoms with Crippen LogP contribution in [0.4, 0.5) is 5.82 Å². The van der Waals surface area contributed by atoms with Crippen LogP contribution < -0.4 is 10.1 Å². The van der Waals surface area contributed by atoms with E-state index < -0.39 is 0 Å². The number of anilines is 1. The van der Waals surface area contributed by atoms with Gasteiger partial charge < -0.3 is 10.1 Å². The summed E-state index contributed by atoms with van der Waals surface area (Å²) >= 11 is 3.56. The van der Waals surface area contributed by atoms with Crippen LogP contribution in [0.3, 0.4) is 0 Å². The van der Waals surface area contributed by atoms with E-state index in [1.165, 1.54) is 0 Å². The number of nitrogens with zero attached hydrogens (tertiary/aromatic N) is 2. The van der Waals surface area contributed by atoms with Crippen LogP contribution in [0.5, 0.6) is 5.75 Å². The molecule has 132 valence electrons. The zero-order valence-electron chi connectivity index (χ0n) is 14.1. The predicted octanol–water partition coefficient (Wildman–Crippen LogP) is 4.20. The highest BCUT2D eigenvalue weighted by Gasteiger charge is 2.28. The minimum absolute atomic E-state index is 0.0328. The van der Waals surface area contributed by atoms with Gasteiger partial charge in [0.25, 0.3) is 0 Å². The van der Waals surface area contributed by atoms with Gasteiger partial charge >= 0.3 is 0 Å². The van der Waals surface area contributed by atoms with E-state index in [9.17, 15) is 4.79 Å². The Kier molecular flexibility index (Phi) is 4.75. The maximum atomic E-state index is 12.9. The molecule has 1 aliphatic heterocycles. The normalized spacial score (nSPS) is 15.8. The standard InChI is InChI=1S/C20H18BrN3O2/c21-17-7-3-1-5-14(17)13-24-19(9-11-22-24)23-20(25)16-10-12-26-18-8-4-2-6-15(16)18/h1-9,11,16H,10,12-13H2,(H,23,25). The lowest BCUT2D eigenvalue weighted by Crippen LogP contribution is -2.27. The molecule has 0 radical (unpaired) electrons. The molecule has 6 heteroatoms. The van der Waals surface area contributed by atoms with Crippen LogP contribution >= 0.6 is 15.9 Å². The number of fused-ring (bicyclic) bond motifs is 1. The Morgan fingerprint density at radius 3 is 2.88 bits per heavy atom. The zero-order chi connectivity index (χ0) is 17.9. The first kappa shape index (κ1) is 16.8. The third-order valence-electron chi connectivity index (χ3n) is 4.52. The Labute approximate surface area is 160 Å². The molecular formula is C20H18BrN3O2. The van der Waals surface area contributed by atoms with Crippen LogP contribution in [0.2, 0.25) is 0 Å². The number of aromatic nitrogens is 2. The third kappa shape index (κ3) is 3.37. The van der Waals surface area contributed by atoms with Gasteiger partial charge in [0.15, 0.2) is 0 Å². The van der Waals surface area contributed by atoms with Crippen molar-refractivity contribution in [2.24, 2.45) is 0 Å². The topological polar surface area (TPSA) is 56.2 Å². The molecule has 4 rings (SSSR count). The number of ether oxygens (including phenoxy) is 1. The second-order valence-corrected chi connectivity index (χ2v) is 7.04. The number of hydrogen-bond acceptors (Lipinski definition) is 3. The van der Waals surface area contributed by atoms with Gasteiger partial charge in [-0.3, -0.25) is 4.79 Å². The van der Waals surface area contributed by atoms with Crippen LogP contribution in [0.25, 0.3) is 0 Å². The Balaban J connectivity index is 1.53. The van der Waals surface area contributed by atoms with Crippen molar-refractivity contribution in [2.45, 2.75) is 18.9 Å². The van der Waals surface area contributed by atoms with E-state index in [0.29, 0.717) is 25.4 Å². The van der Waals surface area contributed by atoms with Gasteiger partial charge in [0.2, 0.25) is 5.91 Å². The molecule has 0 fully saturated rings. The van der Waals surface area contributed by atoms with Crippen molar-refractivity contribution < 1.29 is 9.53 Å². The lowest BCUT2D eigenvalue weighted by atomic mass is 9.92. The molecular weight excluding hydrogens is 394 g/mol. The van der Waals surface area contributed by atoms with Crippen molar-refractivity contribution in [1.29, 1.82) is 0 Å². The number of halogens is 1. The number of benzene rings is 2. The molecule has 1 N–H and O–H groups in total.